The van der Waals surface area contributed by atoms with Crippen LogP contribution in [0.15, 0.2) is 12.3 Å². The molecule has 2 nitrogen and oxygen atoms in total. The number of aromatic nitrogens is 1. The molecule has 78 valence electrons. The zero-order valence-corrected chi connectivity index (χ0v) is 9.48. The summed E-state index contributed by atoms with van der Waals surface area (Å²) >= 11 is 1.64. The maximum Gasteiger partial charge on any atom is 0.434 e. The molecule has 0 aliphatic heterocycles. The average Bonchev–Trinajstić information content (AvgIpc) is 2.02. The lowest BCUT2D eigenvalue weighted by molar-refractivity contribution is -0.141. The second-order valence-corrected chi connectivity index (χ2v) is 3.86. The first-order valence-corrected chi connectivity index (χ1v) is 4.89. The van der Waals surface area contributed by atoms with Crippen molar-refractivity contribution in [3.8, 4) is 0 Å². The van der Waals surface area contributed by atoms with Crippen LogP contribution in [0, 0.1) is 3.57 Å². The van der Waals surface area contributed by atoms with Gasteiger partial charge in [0.15, 0.2) is 5.69 Å². The van der Waals surface area contributed by atoms with E-state index < -0.39 is 11.9 Å². The Hall–Kier alpha value is -0.370. The van der Waals surface area contributed by atoms with Crippen LogP contribution in [-0.4, -0.2) is 12.0 Å². The van der Waals surface area contributed by atoms with Gasteiger partial charge >= 0.3 is 6.18 Å². The van der Waals surface area contributed by atoms with Crippen LogP contribution in [0.3, 0.4) is 0 Å². The number of alkyl halides is 3. The lowest BCUT2D eigenvalue weighted by Crippen LogP contribution is -2.12. The molecule has 6 heteroatoms. The minimum absolute atomic E-state index is 0.128. The van der Waals surface area contributed by atoms with Crippen LogP contribution in [0.25, 0.3) is 0 Å². The SMILES string of the molecule is CNCc1cnc(C(F)(F)F)c(I)c1. The van der Waals surface area contributed by atoms with Gasteiger partial charge in [-0.15, -0.1) is 0 Å². The van der Waals surface area contributed by atoms with E-state index in [4.69, 9.17) is 0 Å². The molecule has 1 N–H and O–H groups in total. The number of halogens is 4. The van der Waals surface area contributed by atoms with E-state index >= 15 is 0 Å². The first kappa shape index (κ1) is 11.7. The fourth-order valence-electron chi connectivity index (χ4n) is 0.987. The summed E-state index contributed by atoms with van der Waals surface area (Å²) in [6, 6.07) is 1.48. The Labute approximate surface area is 93.1 Å². The van der Waals surface area contributed by atoms with Crippen LogP contribution in [0.1, 0.15) is 11.3 Å². The maximum absolute atomic E-state index is 12.3. The van der Waals surface area contributed by atoms with Gasteiger partial charge in [-0.25, -0.2) is 0 Å². The third-order valence-electron chi connectivity index (χ3n) is 1.55. The molecule has 0 atom stereocenters. The highest BCUT2D eigenvalue weighted by Crippen LogP contribution is 2.31. The van der Waals surface area contributed by atoms with E-state index in [0.717, 1.165) is 5.56 Å². The van der Waals surface area contributed by atoms with Crippen LogP contribution in [0.2, 0.25) is 0 Å². The molecule has 1 aromatic heterocycles. The van der Waals surface area contributed by atoms with Gasteiger partial charge in [0.1, 0.15) is 0 Å². The summed E-state index contributed by atoms with van der Waals surface area (Å²) in [6.45, 7) is 0.515. The van der Waals surface area contributed by atoms with Gasteiger partial charge in [-0.3, -0.25) is 4.98 Å². The van der Waals surface area contributed by atoms with Crippen molar-refractivity contribution in [2.24, 2.45) is 0 Å². The molecule has 1 aromatic rings. The average molecular weight is 316 g/mol. The van der Waals surface area contributed by atoms with Crippen LogP contribution in [-0.2, 0) is 12.7 Å². The summed E-state index contributed by atoms with van der Waals surface area (Å²) in [6.07, 6.45) is -3.13. The molecule has 0 aliphatic carbocycles. The van der Waals surface area contributed by atoms with Gasteiger partial charge in [-0.2, -0.15) is 13.2 Å². The van der Waals surface area contributed by atoms with Gasteiger partial charge in [-0.05, 0) is 41.3 Å². The third kappa shape index (κ3) is 2.81. The van der Waals surface area contributed by atoms with Gasteiger partial charge in [0.25, 0.3) is 0 Å². The Morgan fingerprint density at radius 2 is 2.14 bits per heavy atom. The van der Waals surface area contributed by atoms with Crippen molar-refractivity contribution < 1.29 is 13.2 Å². The summed E-state index contributed by atoms with van der Waals surface area (Å²) in [4.78, 5) is 3.40. The minimum Gasteiger partial charge on any atom is -0.316 e. The smallest absolute Gasteiger partial charge is 0.316 e. The largest absolute Gasteiger partial charge is 0.434 e. The normalized spacial score (nSPS) is 11.8. The Balaban J connectivity index is 3.02. The zero-order chi connectivity index (χ0) is 10.8. The highest BCUT2D eigenvalue weighted by Gasteiger charge is 2.34. The molecule has 0 fully saturated rings. The molecule has 0 saturated carbocycles. The molecule has 0 spiro atoms. The lowest BCUT2D eigenvalue weighted by atomic mass is 10.2. The lowest BCUT2D eigenvalue weighted by Gasteiger charge is -2.09. The Morgan fingerprint density at radius 1 is 1.50 bits per heavy atom. The van der Waals surface area contributed by atoms with Crippen molar-refractivity contribution in [2.75, 3.05) is 7.05 Å². The van der Waals surface area contributed by atoms with Crippen LogP contribution < -0.4 is 5.32 Å². The van der Waals surface area contributed by atoms with E-state index in [1.54, 1.807) is 29.6 Å². The summed E-state index contributed by atoms with van der Waals surface area (Å²) in [5.41, 5.74) is -0.0807. The van der Waals surface area contributed by atoms with E-state index in [-0.39, 0.29) is 3.57 Å². The van der Waals surface area contributed by atoms with E-state index in [2.05, 4.69) is 10.3 Å². The third-order valence-corrected chi connectivity index (χ3v) is 2.37. The number of hydrogen-bond donors (Lipinski definition) is 1. The minimum atomic E-state index is -4.37. The molecule has 1 rings (SSSR count). The quantitative estimate of drug-likeness (QED) is 0.848. The molecule has 0 amide bonds. The zero-order valence-electron chi connectivity index (χ0n) is 7.32. The van der Waals surface area contributed by atoms with Crippen molar-refractivity contribution in [3.63, 3.8) is 0 Å². The van der Waals surface area contributed by atoms with Crippen molar-refractivity contribution in [1.82, 2.24) is 10.3 Å². The summed E-state index contributed by atoms with van der Waals surface area (Å²) in [5, 5.41) is 2.84. The number of rotatable bonds is 2. The first-order valence-electron chi connectivity index (χ1n) is 3.81. The molecule has 0 saturated heterocycles. The predicted octanol–water partition coefficient (Wildman–Crippen LogP) is 2.42. The highest BCUT2D eigenvalue weighted by atomic mass is 127. The van der Waals surface area contributed by atoms with Crippen LogP contribution >= 0.6 is 22.6 Å². The van der Waals surface area contributed by atoms with Crippen molar-refractivity contribution in [2.45, 2.75) is 12.7 Å². The molecular formula is C8H8F3IN2. The number of hydrogen-bond acceptors (Lipinski definition) is 2. The number of nitrogens with one attached hydrogen (secondary N) is 1. The second-order valence-electron chi connectivity index (χ2n) is 2.70. The fourth-order valence-corrected chi connectivity index (χ4v) is 1.83. The first-order chi connectivity index (χ1) is 6.45. The second kappa shape index (κ2) is 4.43. The molecule has 0 radical (unpaired) electrons. The van der Waals surface area contributed by atoms with Crippen molar-refractivity contribution >= 4 is 22.6 Å². The Kier molecular flexibility index (Phi) is 3.71. The molecular weight excluding hydrogens is 308 g/mol. The molecule has 14 heavy (non-hydrogen) atoms. The molecule has 1 heterocycles. The monoisotopic (exact) mass is 316 g/mol. The number of pyridine rings is 1. The van der Waals surface area contributed by atoms with Crippen LogP contribution in [0.5, 0.6) is 0 Å². The molecule has 0 aliphatic rings. The highest BCUT2D eigenvalue weighted by molar-refractivity contribution is 14.1. The van der Waals surface area contributed by atoms with Crippen LogP contribution in [0.4, 0.5) is 13.2 Å². The van der Waals surface area contributed by atoms with Gasteiger partial charge in [0.05, 0.1) is 0 Å². The van der Waals surface area contributed by atoms with Crippen molar-refractivity contribution in [1.29, 1.82) is 0 Å². The number of nitrogens with zero attached hydrogens (tertiary/aromatic N) is 1. The molecule has 0 bridgehead atoms. The van der Waals surface area contributed by atoms with Gasteiger partial charge in [0.2, 0.25) is 0 Å². The fraction of sp³-hybridized carbons (Fsp3) is 0.375. The maximum atomic E-state index is 12.3. The van der Waals surface area contributed by atoms with Gasteiger partial charge < -0.3 is 5.32 Å². The van der Waals surface area contributed by atoms with Gasteiger partial charge in [-0.1, -0.05) is 0 Å². The topological polar surface area (TPSA) is 24.9 Å². The van der Waals surface area contributed by atoms with Gasteiger partial charge in [0, 0.05) is 16.3 Å². The van der Waals surface area contributed by atoms with E-state index in [9.17, 15) is 13.2 Å². The summed E-state index contributed by atoms with van der Waals surface area (Å²) < 4.78 is 37.0. The van der Waals surface area contributed by atoms with E-state index in [0.29, 0.717) is 6.54 Å². The Morgan fingerprint density at radius 3 is 2.57 bits per heavy atom. The van der Waals surface area contributed by atoms with E-state index in [1.165, 1.54) is 12.3 Å². The Bertz CT molecular complexity index is 325. The van der Waals surface area contributed by atoms with E-state index in [1.807, 2.05) is 0 Å². The molecule has 0 unspecified atom stereocenters. The predicted molar refractivity (Wildman–Crippen MR) is 54.7 cm³/mol. The molecule has 0 aromatic carbocycles. The summed E-state index contributed by atoms with van der Waals surface area (Å²) in [7, 11) is 1.73. The summed E-state index contributed by atoms with van der Waals surface area (Å²) in [5.74, 6) is 0. The van der Waals surface area contributed by atoms with Crippen molar-refractivity contribution in [3.05, 3.63) is 27.1 Å². The standard InChI is InChI=1S/C8H8F3IN2/c1-13-3-5-2-6(12)7(14-4-5)8(9,10)11/h2,4,13H,3H2,1H3.